The number of hydrogen-bond acceptors (Lipinski definition) is 0. The van der Waals surface area contributed by atoms with Gasteiger partial charge in [0, 0.05) is 4.11 Å². The van der Waals surface area contributed by atoms with Gasteiger partial charge in [0.25, 0.3) is 0 Å². The summed E-state index contributed by atoms with van der Waals surface area (Å²) in [6, 6.07) is 0. The predicted octanol–water partition coefficient (Wildman–Crippen LogP) is 3.86. The normalized spacial score (nSPS) is 19.5. The van der Waals surface area contributed by atoms with Crippen LogP contribution in [0.2, 0.25) is 0 Å². The fourth-order valence-electron chi connectivity index (χ4n) is 1.13. The minimum Gasteiger partial charge on any atom is -0.0648 e. The molecule has 0 spiro atoms. The molecule has 62 valence electrons. The van der Waals surface area contributed by atoms with Gasteiger partial charge >= 0.3 is 0 Å². The van der Waals surface area contributed by atoms with Crippen LogP contribution in [-0.4, -0.2) is 0 Å². The maximum Gasteiger partial charge on any atom is 0.0236 e. The maximum atomic E-state index is 7.53. The molecule has 0 heteroatoms. The zero-order chi connectivity index (χ0) is 10.9. The summed E-state index contributed by atoms with van der Waals surface area (Å²) in [6.07, 6.45) is 1.82. The largest absolute Gasteiger partial charge is 0.0648 e. The van der Waals surface area contributed by atoms with Gasteiger partial charge in [0.05, 0.1) is 0 Å². The highest BCUT2D eigenvalue weighted by Gasteiger charge is 2.33. The van der Waals surface area contributed by atoms with Gasteiger partial charge in [0.1, 0.15) is 0 Å². The van der Waals surface area contributed by atoms with Gasteiger partial charge in [-0.1, -0.05) is 54.3 Å². The zero-order valence-electron chi connectivity index (χ0n) is 10.9. The second kappa shape index (κ2) is 2.94. The molecular weight excluding hydrogens is 120 g/mol. The van der Waals surface area contributed by atoms with Gasteiger partial charge in [-0.15, -0.1) is 0 Å². The van der Waals surface area contributed by atoms with E-state index in [1.807, 2.05) is 13.8 Å². The van der Waals surface area contributed by atoms with Crippen LogP contribution < -0.4 is 0 Å². The van der Waals surface area contributed by atoms with Crippen molar-refractivity contribution < 1.29 is 4.11 Å². The van der Waals surface area contributed by atoms with Crippen LogP contribution in [-0.2, 0) is 0 Å². The quantitative estimate of drug-likeness (QED) is 0.553. The molecule has 0 aliphatic heterocycles. The standard InChI is InChI=1S/C10H22/c1-7-10(6,8-2)9(3,4)5/h7-8H2,1-6H3/i3D3. The molecule has 0 saturated heterocycles. The first-order chi connectivity index (χ1) is 5.62. The van der Waals surface area contributed by atoms with Crippen molar-refractivity contribution in [2.75, 3.05) is 0 Å². The Balaban J connectivity index is 5.00. The Morgan fingerprint density at radius 3 is 1.60 bits per heavy atom. The molecule has 0 heterocycles. The van der Waals surface area contributed by atoms with Crippen LogP contribution in [0.15, 0.2) is 0 Å². The molecule has 0 atom stereocenters. The molecule has 0 unspecified atom stereocenters. The summed E-state index contributed by atoms with van der Waals surface area (Å²) < 4.78 is 22.6. The van der Waals surface area contributed by atoms with Crippen LogP contribution in [0.1, 0.15) is 58.4 Å². The van der Waals surface area contributed by atoms with Gasteiger partial charge in [-0.25, -0.2) is 0 Å². The van der Waals surface area contributed by atoms with E-state index >= 15 is 0 Å². The lowest BCUT2D eigenvalue weighted by atomic mass is 9.65. The number of hydrogen-bond donors (Lipinski definition) is 0. The van der Waals surface area contributed by atoms with Crippen molar-refractivity contribution in [3.8, 4) is 0 Å². The average molecular weight is 145 g/mol. The zero-order valence-corrected chi connectivity index (χ0v) is 7.91. The van der Waals surface area contributed by atoms with Crippen LogP contribution in [0.3, 0.4) is 0 Å². The first kappa shape index (κ1) is 5.62. The molecule has 0 N–H and O–H groups in total. The predicted molar refractivity (Wildman–Crippen MR) is 48.1 cm³/mol. The van der Waals surface area contributed by atoms with E-state index in [2.05, 4.69) is 20.8 Å². The number of rotatable bonds is 2. The van der Waals surface area contributed by atoms with Gasteiger partial charge in [0.2, 0.25) is 0 Å². The molecule has 0 aliphatic rings. The molecule has 0 aromatic rings. The van der Waals surface area contributed by atoms with E-state index in [4.69, 9.17) is 4.11 Å². The lowest BCUT2D eigenvalue weighted by Crippen LogP contribution is -2.31. The van der Waals surface area contributed by atoms with Crippen molar-refractivity contribution in [1.29, 1.82) is 0 Å². The summed E-state index contributed by atoms with van der Waals surface area (Å²) in [4.78, 5) is 0. The molecule has 0 amide bonds. The monoisotopic (exact) mass is 145 g/mol. The van der Waals surface area contributed by atoms with E-state index < -0.39 is 12.3 Å². The Hall–Kier alpha value is 0. The Morgan fingerprint density at radius 2 is 1.50 bits per heavy atom. The Bertz CT molecular complexity index is 163. The van der Waals surface area contributed by atoms with E-state index in [0.717, 1.165) is 12.8 Å². The first-order valence-electron chi connectivity index (χ1n) is 5.62. The molecule has 0 radical (unpaired) electrons. The summed E-state index contributed by atoms with van der Waals surface area (Å²) in [5.41, 5.74) is -0.707. The molecule has 0 rings (SSSR count). The molecular formula is C10H22. The van der Waals surface area contributed by atoms with Crippen LogP contribution in [0.25, 0.3) is 0 Å². The van der Waals surface area contributed by atoms with Crippen molar-refractivity contribution >= 4 is 0 Å². The lowest BCUT2D eigenvalue weighted by molar-refractivity contribution is 0.0975. The van der Waals surface area contributed by atoms with Crippen molar-refractivity contribution in [2.45, 2.75) is 54.3 Å². The van der Waals surface area contributed by atoms with Crippen molar-refractivity contribution in [2.24, 2.45) is 10.8 Å². The summed E-state index contributed by atoms with van der Waals surface area (Å²) in [7, 11) is 0. The Labute approximate surface area is 70.2 Å². The van der Waals surface area contributed by atoms with Gasteiger partial charge in [-0.05, 0) is 10.8 Å². The maximum absolute atomic E-state index is 7.53. The van der Waals surface area contributed by atoms with E-state index in [0.29, 0.717) is 0 Å². The lowest BCUT2D eigenvalue weighted by Gasteiger charge is -2.40. The average Bonchev–Trinajstić information content (AvgIpc) is 2.00. The summed E-state index contributed by atoms with van der Waals surface area (Å²) in [6.45, 7) is 8.04. The van der Waals surface area contributed by atoms with E-state index in [-0.39, 0.29) is 5.41 Å². The second-order valence-corrected chi connectivity index (χ2v) is 3.89. The van der Waals surface area contributed by atoms with Gasteiger partial charge in [-0.3, -0.25) is 0 Å². The van der Waals surface area contributed by atoms with E-state index in [1.165, 1.54) is 0 Å². The summed E-state index contributed by atoms with van der Waals surface area (Å²) in [5.74, 6) is 0. The fraction of sp³-hybridized carbons (Fsp3) is 1.00. The van der Waals surface area contributed by atoms with E-state index in [1.54, 1.807) is 0 Å². The first-order valence-corrected chi connectivity index (χ1v) is 4.12. The molecule has 0 aromatic carbocycles. The highest BCUT2D eigenvalue weighted by atomic mass is 14.4. The highest BCUT2D eigenvalue weighted by molar-refractivity contribution is 4.83. The second-order valence-electron chi connectivity index (χ2n) is 3.89. The van der Waals surface area contributed by atoms with Crippen LogP contribution in [0.4, 0.5) is 0 Å². The SMILES string of the molecule is [2H]C([2H])([2H])C(C)(C)C(C)(CC)CC. The summed E-state index contributed by atoms with van der Waals surface area (Å²) >= 11 is 0. The van der Waals surface area contributed by atoms with Gasteiger partial charge in [0.15, 0.2) is 0 Å². The molecule has 0 fully saturated rings. The van der Waals surface area contributed by atoms with Crippen molar-refractivity contribution in [1.82, 2.24) is 0 Å². The minimum atomic E-state index is -1.87. The molecule has 0 bridgehead atoms. The Morgan fingerprint density at radius 1 is 1.10 bits per heavy atom. The third-order valence-electron chi connectivity index (χ3n) is 3.07. The van der Waals surface area contributed by atoms with Crippen LogP contribution >= 0.6 is 0 Å². The molecule has 0 nitrogen and oxygen atoms in total. The van der Waals surface area contributed by atoms with Crippen LogP contribution in [0.5, 0.6) is 0 Å². The molecule has 10 heavy (non-hydrogen) atoms. The van der Waals surface area contributed by atoms with Crippen molar-refractivity contribution in [3.05, 3.63) is 0 Å². The topological polar surface area (TPSA) is 0 Å². The fourth-order valence-corrected chi connectivity index (χ4v) is 1.13. The molecule has 0 saturated carbocycles. The summed E-state index contributed by atoms with van der Waals surface area (Å²) in [5, 5.41) is 0. The molecule has 0 aromatic heterocycles. The smallest absolute Gasteiger partial charge is 0.0236 e. The van der Waals surface area contributed by atoms with Crippen LogP contribution in [0, 0.1) is 10.8 Å². The minimum absolute atomic E-state index is 0.0990. The van der Waals surface area contributed by atoms with Crippen molar-refractivity contribution in [3.63, 3.8) is 0 Å². The van der Waals surface area contributed by atoms with Gasteiger partial charge in [-0.2, -0.15) is 0 Å². The third-order valence-corrected chi connectivity index (χ3v) is 3.07. The highest BCUT2D eigenvalue weighted by Crippen LogP contribution is 2.43. The Kier molecular flexibility index (Phi) is 1.65. The molecule has 0 aliphatic carbocycles. The van der Waals surface area contributed by atoms with E-state index in [9.17, 15) is 0 Å². The van der Waals surface area contributed by atoms with Gasteiger partial charge < -0.3 is 0 Å². The third kappa shape index (κ3) is 1.74.